The first kappa shape index (κ1) is 13.4. The van der Waals surface area contributed by atoms with Gasteiger partial charge in [-0.25, -0.2) is 4.39 Å². The molecule has 0 bridgehead atoms. The highest BCUT2D eigenvalue weighted by atomic mass is 19.1. The van der Waals surface area contributed by atoms with Crippen LogP contribution in [0.25, 0.3) is 0 Å². The van der Waals surface area contributed by atoms with Gasteiger partial charge in [0.1, 0.15) is 5.82 Å². The van der Waals surface area contributed by atoms with Gasteiger partial charge in [0.15, 0.2) is 11.5 Å². The van der Waals surface area contributed by atoms with Crippen molar-refractivity contribution in [2.24, 2.45) is 0 Å². The molecule has 0 aliphatic carbocycles. The van der Waals surface area contributed by atoms with Gasteiger partial charge in [-0.2, -0.15) is 0 Å². The molecule has 2 aromatic rings. The van der Waals surface area contributed by atoms with E-state index in [4.69, 9.17) is 9.47 Å². The van der Waals surface area contributed by atoms with Crippen LogP contribution in [-0.2, 0) is 17.8 Å². The summed E-state index contributed by atoms with van der Waals surface area (Å²) < 4.78 is 24.1. The van der Waals surface area contributed by atoms with Crippen LogP contribution in [0.3, 0.4) is 0 Å². The molecule has 21 heavy (non-hydrogen) atoms. The third-order valence-corrected chi connectivity index (χ3v) is 3.26. The summed E-state index contributed by atoms with van der Waals surface area (Å²) in [5.41, 5.74) is 1.22. The monoisotopic (exact) mass is 287 g/mol. The van der Waals surface area contributed by atoms with Crippen LogP contribution in [0.15, 0.2) is 42.5 Å². The fraction of sp³-hybridized carbons (Fsp3) is 0.188. The van der Waals surface area contributed by atoms with Gasteiger partial charge in [-0.3, -0.25) is 4.79 Å². The number of hydrogen-bond donors (Lipinski definition) is 1. The zero-order valence-corrected chi connectivity index (χ0v) is 11.3. The number of nitrogens with one attached hydrogen (secondary N) is 1. The van der Waals surface area contributed by atoms with Crippen LogP contribution in [-0.4, -0.2) is 12.7 Å². The maximum atomic E-state index is 13.5. The van der Waals surface area contributed by atoms with Gasteiger partial charge >= 0.3 is 0 Å². The van der Waals surface area contributed by atoms with Crippen molar-refractivity contribution in [2.75, 3.05) is 6.79 Å². The van der Waals surface area contributed by atoms with Crippen molar-refractivity contribution in [3.05, 3.63) is 59.4 Å². The molecular formula is C16H14FNO3. The minimum absolute atomic E-state index is 0.165. The van der Waals surface area contributed by atoms with Crippen molar-refractivity contribution in [2.45, 2.75) is 13.0 Å². The summed E-state index contributed by atoms with van der Waals surface area (Å²) in [4.78, 5) is 12.0. The van der Waals surface area contributed by atoms with Crippen LogP contribution in [0.5, 0.6) is 11.5 Å². The Morgan fingerprint density at radius 1 is 1.10 bits per heavy atom. The van der Waals surface area contributed by atoms with Crippen LogP contribution in [0.4, 0.5) is 4.39 Å². The first-order valence-corrected chi connectivity index (χ1v) is 6.61. The lowest BCUT2D eigenvalue weighted by molar-refractivity contribution is -0.120. The molecule has 0 fully saturated rings. The third-order valence-electron chi connectivity index (χ3n) is 3.26. The van der Waals surface area contributed by atoms with Crippen LogP contribution in [0.1, 0.15) is 11.1 Å². The second-order valence-corrected chi connectivity index (χ2v) is 4.70. The van der Waals surface area contributed by atoms with Gasteiger partial charge < -0.3 is 14.8 Å². The van der Waals surface area contributed by atoms with E-state index < -0.39 is 0 Å². The normalized spacial score (nSPS) is 12.2. The molecule has 0 aromatic heterocycles. The molecule has 5 heteroatoms. The van der Waals surface area contributed by atoms with Crippen molar-refractivity contribution in [1.82, 2.24) is 5.32 Å². The minimum Gasteiger partial charge on any atom is -0.454 e. The molecule has 1 amide bonds. The highest BCUT2D eigenvalue weighted by Gasteiger charge is 2.18. The smallest absolute Gasteiger partial charge is 0.231 e. The summed E-state index contributed by atoms with van der Waals surface area (Å²) in [6.07, 6.45) is 0.168. The Morgan fingerprint density at radius 3 is 2.76 bits per heavy atom. The van der Waals surface area contributed by atoms with Gasteiger partial charge in [0.2, 0.25) is 12.7 Å². The Labute approximate surface area is 121 Å². The molecule has 0 spiro atoms. The van der Waals surface area contributed by atoms with E-state index in [1.165, 1.54) is 6.07 Å². The van der Waals surface area contributed by atoms with Gasteiger partial charge in [0, 0.05) is 17.7 Å². The van der Waals surface area contributed by atoms with Gasteiger partial charge in [-0.15, -0.1) is 0 Å². The second kappa shape index (κ2) is 5.83. The molecule has 0 saturated heterocycles. The highest BCUT2D eigenvalue weighted by molar-refractivity contribution is 5.79. The van der Waals surface area contributed by atoms with E-state index in [2.05, 4.69) is 5.32 Å². The van der Waals surface area contributed by atoms with E-state index in [0.29, 0.717) is 17.1 Å². The molecule has 0 saturated carbocycles. The van der Waals surface area contributed by atoms with E-state index in [1.807, 2.05) is 12.1 Å². The Bertz CT molecular complexity index is 672. The fourth-order valence-electron chi connectivity index (χ4n) is 2.20. The van der Waals surface area contributed by atoms with Crippen molar-refractivity contribution in [1.29, 1.82) is 0 Å². The Hall–Kier alpha value is -2.56. The van der Waals surface area contributed by atoms with Crippen LogP contribution < -0.4 is 14.8 Å². The molecule has 1 aliphatic heterocycles. The van der Waals surface area contributed by atoms with Gasteiger partial charge in [-0.05, 0) is 12.1 Å². The predicted octanol–water partition coefficient (Wildman–Crippen LogP) is 2.41. The third kappa shape index (κ3) is 2.97. The Kier molecular flexibility index (Phi) is 3.73. The minimum atomic E-state index is -0.324. The number of amides is 1. The van der Waals surface area contributed by atoms with Crippen LogP contribution in [0.2, 0.25) is 0 Å². The highest BCUT2D eigenvalue weighted by Crippen LogP contribution is 2.35. The standard InChI is InChI=1S/C16H14FNO3/c17-13-6-2-1-4-12(13)9-18-15(19)8-11-5-3-7-14-16(11)21-10-20-14/h1-7H,8-10H2,(H,18,19). The fourth-order valence-corrected chi connectivity index (χ4v) is 2.20. The quantitative estimate of drug-likeness (QED) is 0.939. The van der Waals surface area contributed by atoms with Gasteiger partial charge in [0.25, 0.3) is 0 Å². The average molecular weight is 287 g/mol. The molecule has 108 valence electrons. The van der Waals surface area contributed by atoms with E-state index >= 15 is 0 Å². The first-order valence-electron chi connectivity index (χ1n) is 6.61. The van der Waals surface area contributed by atoms with Crippen molar-refractivity contribution >= 4 is 5.91 Å². The van der Waals surface area contributed by atoms with E-state index in [9.17, 15) is 9.18 Å². The maximum absolute atomic E-state index is 13.5. The molecular weight excluding hydrogens is 273 g/mol. The number of ether oxygens (including phenoxy) is 2. The van der Waals surface area contributed by atoms with Crippen LogP contribution >= 0.6 is 0 Å². The molecule has 2 aromatic carbocycles. The molecule has 0 unspecified atom stereocenters. The molecule has 3 rings (SSSR count). The van der Waals surface area contributed by atoms with Crippen molar-refractivity contribution < 1.29 is 18.7 Å². The lowest BCUT2D eigenvalue weighted by atomic mass is 10.1. The zero-order valence-electron chi connectivity index (χ0n) is 11.3. The van der Waals surface area contributed by atoms with Crippen molar-refractivity contribution in [3.63, 3.8) is 0 Å². The number of rotatable bonds is 4. The number of hydrogen-bond acceptors (Lipinski definition) is 3. The number of fused-ring (bicyclic) bond motifs is 1. The van der Waals surface area contributed by atoms with E-state index in [0.717, 1.165) is 5.56 Å². The summed E-state index contributed by atoms with van der Waals surface area (Å²) >= 11 is 0. The summed E-state index contributed by atoms with van der Waals surface area (Å²) in [6.45, 7) is 0.334. The lowest BCUT2D eigenvalue weighted by Crippen LogP contribution is -2.25. The summed E-state index contributed by atoms with van der Waals surface area (Å²) in [6, 6.07) is 11.8. The van der Waals surface area contributed by atoms with Crippen molar-refractivity contribution in [3.8, 4) is 11.5 Å². The number of benzene rings is 2. The summed E-state index contributed by atoms with van der Waals surface area (Å²) in [5, 5.41) is 2.70. The van der Waals surface area contributed by atoms with E-state index in [1.54, 1.807) is 24.3 Å². The molecule has 1 aliphatic rings. The molecule has 1 N–H and O–H groups in total. The largest absolute Gasteiger partial charge is 0.454 e. The topological polar surface area (TPSA) is 47.6 Å². The summed E-state index contributed by atoms with van der Waals surface area (Å²) in [5.74, 6) is 0.741. The number of halogens is 1. The molecule has 0 atom stereocenters. The summed E-state index contributed by atoms with van der Waals surface area (Å²) in [7, 11) is 0. The van der Waals surface area contributed by atoms with E-state index in [-0.39, 0.29) is 31.5 Å². The molecule has 1 heterocycles. The number of para-hydroxylation sites is 1. The predicted molar refractivity (Wildman–Crippen MR) is 74.5 cm³/mol. The number of carbonyl (C=O) groups excluding carboxylic acids is 1. The Morgan fingerprint density at radius 2 is 1.90 bits per heavy atom. The average Bonchev–Trinajstić information content (AvgIpc) is 2.96. The maximum Gasteiger partial charge on any atom is 0.231 e. The molecule has 4 nitrogen and oxygen atoms in total. The first-order chi connectivity index (χ1) is 10.2. The number of carbonyl (C=O) groups is 1. The zero-order chi connectivity index (χ0) is 14.7. The second-order valence-electron chi connectivity index (χ2n) is 4.70. The SMILES string of the molecule is O=C(Cc1cccc2c1OCO2)NCc1ccccc1F. The van der Waals surface area contributed by atoms with Gasteiger partial charge in [-0.1, -0.05) is 30.3 Å². The lowest BCUT2D eigenvalue weighted by Gasteiger charge is -2.08. The molecule has 0 radical (unpaired) electrons. The Balaban J connectivity index is 1.63. The van der Waals surface area contributed by atoms with Crippen LogP contribution in [0, 0.1) is 5.82 Å². The van der Waals surface area contributed by atoms with Gasteiger partial charge in [0.05, 0.1) is 6.42 Å².